The van der Waals surface area contributed by atoms with Crippen LogP contribution in [0, 0.1) is 0 Å². The summed E-state index contributed by atoms with van der Waals surface area (Å²) >= 11 is 0. The van der Waals surface area contributed by atoms with Gasteiger partial charge in [0.1, 0.15) is 0 Å². The highest BCUT2D eigenvalue weighted by Gasteiger charge is 1.78. The molecule has 1 heterocycles. The van der Waals surface area contributed by atoms with Crippen LogP contribution in [0.2, 0.25) is 0 Å². The van der Waals surface area contributed by atoms with Crippen LogP contribution in [0.1, 0.15) is 6.92 Å². The van der Waals surface area contributed by atoms with Crippen molar-refractivity contribution in [2.75, 3.05) is 0 Å². The molecule has 0 atom stereocenters. The molecule has 0 aromatic heterocycles. The van der Waals surface area contributed by atoms with Gasteiger partial charge in [-0.05, 0) is 19.1 Å². The first-order chi connectivity index (χ1) is 4.39. The average Bonchev–Trinajstić information content (AvgIpc) is 1.79. The maximum Gasteiger partial charge on any atom is 0.0372 e. The van der Waals surface area contributed by atoms with Gasteiger partial charge in [0.15, 0.2) is 0 Å². The van der Waals surface area contributed by atoms with E-state index in [4.69, 9.17) is 0 Å². The van der Waals surface area contributed by atoms with Crippen LogP contribution in [0.15, 0.2) is 41.6 Å². The van der Waals surface area contributed by atoms with Crippen molar-refractivity contribution in [1.82, 2.24) is 0 Å². The smallest absolute Gasteiger partial charge is 0.0372 e. The summed E-state index contributed by atoms with van der Waals surface area (Å²) in [6.45, 7) is 1.97. The van der Waals surface area contributed by atoms with Gasteiger partial charge in [-0.15, -0.1) is 0 Å². The van der Waals surface area contributed by atoms with Gasteiger partial charge < -0.3 is 0 Å². The van der Waals surface area contributed by atoms with Crippen LogP contribution in [0.4, 0.5) is 0 Å². The zero-order valence-electron chi connectivity index (χ0n) is 5.41. The Morgan fingerprint density at radius 3 is 2.78 bits per heavy atom. The molecule has 9 heavy (non-hydrogen) atoms. The molecule has 1 heteroatoms. The minimum atomic E-state index is 1.04. The fraction of sp³-hybridized carbons (Fsp3) is 0.125. The van der Waals surface area contributed by atoms with E-state index in [2.05, 4.69) is 4.99 Å². The summed E-state index contributed by atoms with van der Waals surface area (Å²) in [5, 5.41) is 0. The van der Waals surface area contributed by atoms with Gasteiger partial charge in [0.25, 0.3) is 0 Å². The van der Waals surface area contributed by atoms with Gasteiger partial charge in [0, 0.05) is 11.9 Å². The molecule has 0 amide bonds. The van der Waals surface area contributed by atoms with E-state index in [-0.39, 0.29) is 0 Å². The van der Waals surface area contributed by atoms with Crippen molar-refractivity contribution in [3.63, 3.8) is 0 Å². The van der Waals surface area contributed by atoms with Gasteiger partial charge in [0.05, 0.1) is 0 Å². The van der Waals surface area contributed by atoms with Crippen molar-refractivity contribution >= 4 is 5.71 Å². The molecule has 0 aliphatic carbocycles. The van der Waals surface area contributed by atoms with Gasteiger partial charge in [-0.25, -0.2) is 0 Å². The number of hydrogen-bond acceptors (Lipinski definition) is 1. The molecule has 0 aromatic rings. The van der Waals surface area contributed by atoms with Crippen LogP contribution < -0.4 is 0 Å². The van der Waals surface area contributed by atoms with Crippen LogP contribution in [0.5, 0.6) is 0 Å². The second-order valence-corrected chi connectivity index (χ2v) is 1.86. The molecule has 0 radical (unpaired) electrons. The van der Waals surface area contributed by atoms with E-state index in [1.807, 2.05) is 37.3 Å². The normalized spacial score (nSPS) is 23.9. The molecule has 0 saturated heterocycles. The third-order valence-electron chi connectivity index (χ3n) is 1.03. The summed E-state index contributed by atoms with van der Waals surface area (Å²) in [5.41, 5.74) is 1.04. The molecule has 46 valence electrons. The lowest BCUT2D eigenvalue weighted by Crippen LogP contribution is -1.81. The first kappa shape index (κ1) is 6.02. The zero-order chi connectivity index (χ0) is 6.53. The van der Waals surface area contributed by atoms with Crippen molar-refractivity contribution < 1.29 is 0 Å². The number of nitrogens with zero attached hydrogens (tertiary/aromatic N) is 1. The Morgan fingerprint density at radius 2 is 1.89 bits per heavy atom. The SMILES string of the molecule is CC1=N/C=C\C=C/C=C1. The van der Waals surface area contributed by atoms with E-state index in [0.717, 1.165) is 5.71 Å². The largest absolute Gasteiger partial charge is 0.262 e. The fourth-order valence-corrected chi connectivity index (χ4v) is 0.576. The van der Waals surface area contributed by atoms with Crippen molar-refractivity contribution in [2.45, 2.75) is 6.92 Å². The summed E-state index contributed by atoms with van der Waals surface area (Å²) in [6.07, 6.45) is 11.6. The Morgan fingerprint density at radius 1 is 1.11 bits per heavy atom. The maximum absolute atomic E-state index is 4.08. The van der Waals surface area contributed by atoms with E-state index in [0.29, 0.717) is 0 Å². The predicted octanol–water partition coefficient (Wildman–Crippen LogP) is 2.09. The lowest BCUT2D eigenvalue weighted by Gasteiger charge is -1.87. The Labute approximate surface area is 55.1 Å². The summed E-state index contributed by atoms with van der Waals surface area (Å²) in [6, 6.07) is 0. The molecule has 0 N–H and O–H groups in total. The Balaban J connectivity index is 2.77. The van der Waals surface area contributed by atoms with Crippen LogP contribution >= 0.6 is 0 Å². The third-order valence-corrected chi connectivity index (χ3v) is 1.03. The average molecular weight is 119 g/mol. The molecule has 0 fully saturated rings. The summed E-state index contributed by atoms with van der Waals surface area (Å²) < 4.78 is 0. The van der Waals surface area contributed by atoms with Crippen molar-refractivity contribution in [3.05, 3.63) is 36.6 Å². The van der Waals surface area contributed by atoms with Crippen molar-refractivity contribution in [2.24, 2.45) is 4.99 Å². The molecule has 1 rings (SSSR count). The number of allylic oxidation sites excluding steroid dienone is 5. The lowest BCUT2D eigenvalue weighted by molar-refractivity contribution is 1.53. The second-order valence-electron chi connectivity index (χ2n) is 1.86. The van der Waals surface area contributed by atoms with Crippen molar-refractivity contribution in [1.29, 1.82) is 0 Å². The lowest BCUT2D eigenvalue weighted by atomic mass is 10.3. The van der Waals surface area contributed by atoms with Gasteiger partial charge in [-0.2, -0.15) is 0 Å². The van der Waals surface area contributed by atoms with E-state index < -0.39 is 0 Å². The first-order valence-electron chi connectivity index (χ1n) is 2.94. The molecule has 1 nitrogen and oxygen atoms in total. The minimum Gasteiger partial charge on any atom is -0.262 e. The molecule has 0 unspecified atom stereocenters. The Hall–Kier alpha value is -1.11. The van der Waals surface area contributed by atoms with Crippen LogP contribution in [0.25, 0.3) is 0 Å². The van der Waals surface area contributed by atoms with Gasteiger partial charge in [-0.1, -0.05) is 18.2 Å². The predicted molar refractivity (Wildman–Crippen MR) is 40.5 cm³/mol. The highest BCUT2D eigenvalue weighted by Crippen LogP contribution is 1.89. The summed E-state index contributed by atoms with van der Waals surface area (Å²) in [4.78, 5) is 4.08. The second kappa shape index (κ2) is 3.02. The van der Waals surface area contributed by atoms with Gasteiger partial charge in [0.2, 0.25) is 0 Å². The monoisotopic (exact) mass is 119 g/mol. The zero-order valence-corrected chi connectivity index (χ0v) is 5.41. The molecular weight excluding hydrogens is 110 g/mol. The summed E-state index contributed by atoms with van der Waals surface area (Å²) in [7, 11) is 0. The van der Waals surface area contributed by atoms with E-state index in [9.17, 15) is 0 Å². The topological polar surface area (TPSA) is 12.4 Å². The molecule has 0 aromatic carbocycles. The van der Waals surface area contributed by atoms with Crippen LogP contribution in [-0.2, 0) is 0 Å². The Bertz CT molecular complexity index is 195. The fourth-order valence-electron chi connectivity index (χ4n) is 0.576. The molecule has 0 bridgehead atoms. The van der Waals surface area contributed by atoms with E-state index in [1.54, 1.807) is 6.20 Å². The first-order valence-corrected chi connectivity index (χ1v) is 2.94. The number of rotatable bonds is 0. The van der Waals surface area contributed by atoms with Gasteiger partial charge >= 0.3 is 0 Å². The standard InChI is InChI=1S/C8H9N/c1-8-6-4-2-3-5-7-9-8/h2-7H,1H3/b3-2-,4-2?,5-3?,6-4?,7-5-,8-6?,9-7?,9-8?. The third kappa shape index (κ3) is 2.08. The molecule has 0 spiro atoms. The van der Waals surface area contributed by atoms with Gasteiger partial charge in [-0.3, -0.25) is 4.99 Å². The molecule has 1 aliphatic rings. The number of aliphatic imine (C=N–C) groups is 1. The summed E-state index contributed by atoms with van der Waals surface area (Å²) in [5.74, 6) is 0. The molecule has 1 aliphatic heterocycles. The van der Waals surface area contributed by atoms with E-state index >= 15 is 0 Å². The Kier molecular flexibility index (Phi) is 2.02. The number of hydrogen-bond donors (Lipinski definition) is 0. The quantitative estimate of drug-likeness (QED) is 0.463. The highest BCUT2D eigenvalue weighted by atomic mass is 14.7. The van der Waals surface area contributed by atoms with Crippen molar-refractivity contribution in [3.8, 4) is 0 Å². The van der Waals surface area contributed by atoms with Crippen LogP contribution in [-0.4, -0.2) is 5.71 Å². The molecular formula is C8H9N. The van der Waals surface area contributed by atoms with Crippen LogP contribution in [0.3, 0.4) is 0 Å². The molecule has 0 saturated carbocycles. The maximum atomic E-state index is 4.08. The highest BCUT2D eigenvalue weighted by molar-refractivity contribution is 5.93. The minimum absolute atomic E-state index is 1.04. The van der Waals surface area contributed by atoms with E-state index in [1.165, 1.54) is 0 Å².